The topological polar surface area (TPSA) is 58.6 Å². The van der Waals surface area contributed by atoms with Crippen molar-refractivity contribution in [2.24, 2.45) is 0 Å². The van der Waals surface area contributed by atoms with Gasteiger partial charge in [-0.1, -0.05) is 22.0 Å². The van der Waals surface area contributed by atoms with Crippen molar-refractivity contribution >= 4 is 39.5 Å². The fourth-order valence-electron chi connectivity index (χ4n) is 3.03. The number of ether oxygens (including phenoxy) is 1. The molecule has 2 amide bonds. The molecule has 1 atom stereocenters. The van der Waals surface area contributed by atoms with Crippen LogP contribution in [0.25, 0.3) is 6.08 Å². The molecular formula is C19H15BrN2O3. The van der Waals surface area contributed by atoms with Crippen molar-refractivity contribution in [1.82, 2.24) is 5.43 Å². The van der Waals surface area contributed by atoms with Gasteiger partial charge in [-0.15, -0.1) is 0 Å². The number of halogens is 1. The minimum Gasteiger partial charge on any atom is -0.490 e. The molecule has 2 aliphatic heterocycles. The molecule has 0 aromatic heterocycles. The molecule has 0 aliphatic carbocycles. The van der Waals surface area contributed by atoms with Crippen LogP contribution in [0.3, 0.4) is 0 Å². The fraction of sp³-hybridized carbons (Fsp3) is 0.158. The van der Waals surface area contributed by atoms with Crippen LogP contribution in [0.5, 0.6) is 5.75 Å². The van der Waals surface area contributed by atoms with Crippen LogP contribution in [-0.4, -0.2) is 17.9 Å². The van der Waals surface area contributed by atoms with E-state index in [4.69, 9.17) is 4.74 Å². The summed E-state index contributed by atoms with van der Waals surface area (Å²) in [5.41, 5.74) is 5.25. The maximum Gasteiger partial charge on any atom is 0.282 e. The number of nitrogens with zero attached hydrogens (tertiary/aromatic N) is 1. The van der Waals surface area contributed by atoms with E-state index in [1.165, 1.54) is 5.01 Å². The van der Waals surface area contributed by atoms with Crippen molar-refractivity contribution in [3.63, 3.8) is 0 Å². The third-order valence-corrected chi connectivity index (χ3v) is 4.74. The lowest BCUT2D eigenvalue weighted by molar-refractivity contribution is -0.117. The summed E-state index contributed by atoms with van der Waals surface area (Å²) in [4.78, 5) is 24.9. The zero-order valence-corrected chi connectivity index (χ0v) is 15.0. The Balaban J connectivity index is 1.63. The summed E-state index contributed by atoms with van der Waals surface area (Å²) in [6, 6.07) is 12.9. The Morgan fingerprint density at radius 2 is 1.96 bits per heavy atom. The van der Waals surface area contributed by atoms with Crippen LogP contribution in [0.2, 0.25) is 0 Å². The molecule has 1 unspecified atom stereocenters. The van der Waals surface area contributed by atoms with Crippen molar-refractivity contribution in [2.45, 2.75) is 19.4 Å². The maximum absolute atomic E-state index is 12.6. The number of hydrogen-bond acceptors (Lipinski definition) is 3. The smallest absolute Gasteiger partial charge is 0.282 e. The lowest BCUT2D eigenvalue weighted by atomic mass is 10.0. The molecule has 0 bridgehead atoms. The van der Waals surface area contributed by atoms with E-state index < -0.39 is 5.91 Å². The first-order chi connectivity index (χ1) is 12.0. The van der Waals surface area contributed by atoms with Crippen LogP contribution in [0.1, 0.15) is 18.1 Å². The number of hydrogen-bond donors (Lipinski definition) is 1. The van der Waals surface area contributed by atoms with Gasteiger partial charge in [0, 0.05) is 10.9 Å². The van der Waals surface area contributed by atoms with Crippen molar-refractivity contribution < 1.29 is 14.3 Å². The van der Waals surface area contributed by atoms with Crippen LogP contribution in [0.15, 0.2) is 52.5 Å². The van der Waals surface area contributed by atoms with Gasteiger partial charge in [-0.05, 0) is 60.5 Å². The molecule has 1 fully saturated rings. The quantitative estimate of drug-likeness (QED) is 0.623. The molecule has 2 aromatic rings. The number of fused-ring (bicyclic) bond motifs is 1. The average molecular weight is 399 g/mol. The molecule has 0 radical (unpaired) electrons. The first-order valence-corrected chi connectivity index (χ1v) is 8.73. The van der Waals surface area contributed by atoms with Gasteiger partial charge in [-0.2, -0.15) is 0 Å². The Morgan fingerprint density at radius 1 is 1.20 bits per heavy atom. The first-order valence-electron chi connectivity index (χ1n) is 7.93. The zero-order chi connectivity index (χ0) is 17.6. The maximum atomic E-state index is 12.6. The van der Waals surface area contributed by atoms with E-state index in [2.05, 4.69) is 21.4 Å². The Kier molecular flexibility index (Phi) is 3.84. The molecule has 5 nitrogen and oxygen atoms in total. The van der Waals surface area contributed by atoms with E-state index in [1.54, 1.807) is 18.2 Å². The fourth-order valence-corrected chi connectivity index (χ4v) is 3.29. The Bertz CT molecular complexity index is 905. The number of rotatable bonds is 2. The minimum atomic E-state index is -0.405. The molecular weight excluding hydrogens is 384 g/mol. The van der Waals surface area contributed by atoms with Gasteiger partial charge in [0.05, 0.1) is 5.69 Å². The van der Waals surface area contributed by atoms with Crippen LogP contribution in [0.4, 0.5) is 5.69 Å². The lowest BCUT2D eigenvalue weighted by Gasteiger charge is -2.14. The largest absolute Gasteiger partial charge is 0.490 e. The van der Waals surface area contributed by atoms with Gasteiger partial charge >= 0.3 is 0 Å². The summed E-state index contributed by atoms with van der Waals surface area (Å²) in [7, 11) is 0. The average Bonchev–Trinajstić information content (AvgIpc) is 3.09. The van der Waals surface area contributed by atoms with E-state index in [9.17, 15) is 9.59 Å². The van der Waals surface area contributed by atoms with E-state index >= 15 is 0 Å². The summed E-state index contributed by atoms with van der Waals surface area (Å²) in [5, 5.41) is 1.26. The van der Waals surface area contributed by atoms with Crippen LogP contribution in [-0.2, 0) is 16.0 Å². The normalized spacial score (nSPS) is 20.6. The monoisotopic (exact) mass is 398 g/mol. The van der Waals surface area contributed by atoms with E-state index in [1.807, 2.05) is 37.3 Å². The molecule has 0 saturated carbocycles. The molecule has 1 saturated heterocycles. The van der Waals surface area contributed by atoms with Gasteiger partial charge in [-0.25, -0.2) is 5.01 Å². The Morgan fingerprint density at radius 3 is 2.72 bits per heavy atom. The lowest BCUT2D eigenvalue weighted by Crippen LogP contribution is -2.35. The summed E-state index contributed by atoms with van der Waals surface area (Å²) in [6.45, 7) is 2.02. The molecule has 4 rings (SSSR count). The number of benzene rings is 2. The molecule has 2 aliphatic rings. The minimum absolute atomic E-state index is 0.120. The van der Waals surface area contributed by atoms with Gasteiger partial charge in [0.1, 0.15) is 17.4 Å². The van der Waals surface area contributed by atoms with Crippen LogP contribution < -0.4 is 15.2 Å². The predicted molar refractivity (Wildman–Crippen MR) is 98.0 cm³/mol. The van der Waals surface area contributed by atoms with Crippen molar-refractivity contribution in [3.05, 3.63) is 63.6 Å². The molecule has 2 heterocycles. The third kappa shape index (κ3) is 2.93. The predicted octanol–water partition coefficient (Wildman–Crippen LogP) is 3.23. The molecule has 6 heteroatoms. The standard InChI is InChI=1S/C19H15BrN2O3/c1-11-8-13-9-12(2-7-17(13)25-11)10-16-18(23)21-22(19(16)24)15-5-3-14(20)4-6-15/h2-7,9-11H,8H2,1H3,(H,21,23)/b16-10-. The second-order valence-corrected chi connectivity index (χ2v) is 7.03. The highest BCUT2D eigenvalue weighted by molar-refractivity contribution is 9.10. The second-order valence-electron chi connectivity index (χ2n) is 6.12. The summed E-state index contributed by atoms with van der Waals surface area (Å²) < 4.78 is 6.58. The highest BCUT2D eigenvalue weighted by Gasteiger charge is 2.34. The third-order valence-electron chi connectivity index (χ3n) is 4.21. The van der Waals surface area contributed by atoms with Gasteiger partial charge in [0.15, 0.2) is 0 Å². The SMILES string of the molecule is CC1Cc2cc(/C=C3/C(=O)NN(c4ccc(Br)cc4)C3=O)ccc2O1. The van der Waals surface area contributed by atoms with Crippen molar-refractivity contribution in [3.8, 4) is 5.75 Å². The highest BCUT2D eigenvalue weighted by atomic mass is 79.9. The molecule has 126 valence electrons. The van der Waals surface area contributed by atoms with Crippen LogP contribution in [0, 0.1) is 0 Å². The van der Waals surface area contributed by atoms with E-state index in [0.717, 1.165) is 27.8 Å². The van der Waals surface area contributed by atoms with E-state index in [-0.39, 0.29) is 17.6 Å². The van der Waals surface area contributed by atoms with Gasteiger partial charge in [-0.3, -0.25) is 15.0 Å². The van der Waals surface area contributed by atoms with E-state index in [0.29, 0.717) is 5.69 Å². The summed E-state index contributed by atoms with van der Waals surface area (Å²) >= 11 is 3.35. The second kappa shape index (κ2) is 6.04. The van der Waals surface area contributed by atoms with Gasteiger partial charge in [0.25, 0.3) is 11.8 Å². The number of nitrogens with one attached hydrogen (secondary N) is 1. The molecule has 0 spiro atoms. The zero-order valence-electron chi connectivity index (χ0n) is 13.5. The van der Waals surface area contributed by atoms with Gasteiger partial charge in [0.2, 0.25) is 0 Å². The van der Waals surface area contributed by atoms with Gasteiger partial charge < -0.3 is 4.74 Å². The number of amides is 2. The Hall–Kier alpha value is -2.60. The first kappa shape index (κ1) is 15.9. The number of carbonyl (C=O) groups is 2. The summed E-state index contributed by atoms with van der Waals surface area (Å²) in [6.07, 6.45) is 2.61. The molecule has 2 aromatic carbocycles. The number of carbonyl (C=O) groups excluding carboxylic acids is 2. The number of hydrazine groups is 1. The molecule has 25 heavy (non-hydrogen) atoms. The van der Waals surface area contributed by atoms with Crippen molar-refractivity contribution in [1.29, 1.82) is 0 Å². The Labute approximate surface area is 153 Å². The molecule has 1 N–H and O–H groups in total. The van der Waals surface area contributed by atoms with Crippen molar-refractivity contribution in [2.75, 3.05) is 5.01 Å². The van der Waals surface area contributed by atoms with Crippen LogP contribution >= 0.6 is 15.9 Å². The summed E-state index contributed by atoms with van der Waals surface area (Å²) in [5.74, 6) is 0.101. The number of anilines is 1. The highest BCUT2D eigenvalue weighted by Crippen LogP contribution is 2.30.